The second-order valence-corrected chi connectivity index (χ2v) is 5.80. The fourth-order valence-corrected chi connectivity index (χ4v) is 2.74. The molecule has 1 N–H and O–H groups in total. The summed E-state index contributed by atoms with van der Waals surface area (Å²) in [5.74, 6) is 0.0384. The molecule has 1 aliphatic heterocycles. The van der Waals surface area contributed by atoms with Gasteiger partial charge in [-0.05, 0) is 18.2 Å². The van der Waals surface area contributed by atoms with Crippen LogP contribution in [0.25, 0.3) is 0 Å². The van der Waals surface area contributed by atoms with Crippen molar-refractivity contribution in [3.8, 4) is 18.2 Å². The molecular weight excluding hydrogens is 340 g/mol. The summed E-state index contributed by atoms with van der Waals surface area (Å²) in [6, 6.07) is 10.4. The van der Waals surface area contributed by atoms with Crippen LogP contribution in [0.4, 0.5) is 11.4 Å². The van der Waals surface area contributed by atoms with Crippen LogP contribution in [0, 0.1) is 34.0 Å². The quantitative estimate of drug-likeness (QED) is 0.834. The zero-order valence-corrected chi connectivity index (χ0v) is 14.3. The topological polar surface area (TPSA) is 107 Å². The van der Waals surface area contributed by atoms with E-state index in [9.17, 15) is 10.1 Å². The van der Waals surface area contributed by atoms with Gasteiger partial charge in [0.15, 0.2) is 5.57 Å². The van der Waals surface area contributed by atoms with E-state index in [0.717, 1.165) is 5.69 Å². The molecule has 2 rings (SSSR count). The number of allylic oxidation sites excluding steroid dienone is 2. The number of nitriles is 3. The summed E-state index contributed by atoms with van der Waals surface area (Å²) in [5, 5.41) is 30.4. The third-order valence-corrected chi connectivity index (χ3v) is 4.10. The number of nitrogens with zero attached hydrogens (tertiary/aromatic N) is 5. The van der Waals surface area contributed by atoms with Gasteiger partial charge in [-0.1, -0.05) is 11.6 Å². The number of rotatable bonds is 3. The predicted octanol–water partition coefficient (Wildman–Crippen LogP) is 2.25. The molecule has 0 bridgehead atoms. The van der Waals surface area contributed by atoms with Gasteiger partial charge in [-0.15, -0.1) is 0 Å². The number of hydrogen-bond acceptors (Lipinski definition) is 6. The van der Waals surface area contributed by atoms with Gasteiger partial charge in [0.05, 0.1) is 11.4 Å². The maximum Gasteiger partial charge on any atom is 0.219 e. The molecule has 0 atom stereocenters. The number of amides is 1. The van der Waals surface area contributed by atoms with Crippen molar-refractivity contribution in [2.45, 2.75) is 6.92 Å². The van der Waals surface area contributed by atoms with Crippen LogP contribution in [-0.4, -0.2) is 37.0 Å². The van der Waals surface area contributed by atoms with Gasteiger partial charge in [0.25, 0.3) is 0 Å². The van der Waals surface area contributed by atoms with Gasteiger partial charge in [-0.2, -0.15) is 15.8 Å². The monoisotopic (exact) mass is 354 g/mol. The molecule has 0 aliphatic carbocycles. The highest BCUT2D eigenvalue weighted by Gasteiger charge is 2.21. The van der Waals surface area contributed by atoms with Crippen LogP contribution in [0.5, 0.6) is 0 Å². The molecular formula is C17H15ClN6O. The number of carbonyl (C=O) groups excluding carboxylic acids is 1. The van der Waals surface area contributed by atoms with Gasteiger partial charge in [0.1, 0.15) is 23.9 Å². The van der Waals surface area contributed by atoms with E-state index >= 15 is 0 Å². The molecule has 1 fully saturated rings. The molecule has 1 aliphatic rings. The molecule has 126 valence electrons. The maximum absolute atomic E-state index is 11.5. The van der Waals surface area contributed by atoms with Crippen molar-refractivity contribution in [2.75, 3.05) is 36.4 Å². The van der Waals surface area contributed by atoms with Crippen LogP contribution in [0.2, 0.25) is 5.02 Å². The summed E-state index contributed by atoms with van der Waals surface area (Å²) >= 11 is 6.05. The Morgan fingerprint density at radius 1 is 1.12 bits per heavy atom. The van der Waals surface area contributed by atoms with E-state index in [1.807, 2.05) is 12.1 Å². The van der Waals surface area contributed by atoms with E-state index < -0.39 is 0 Å². The second-order valence-electron chi connectivity index (χ2n) is 5.36. The Hall–Kier alpha value is -3.21. The molecule has 1 heterocycles. The summed E-state index contributed by atoms with van der Waals surface area (Å²) in [4.78, 5) is 15.3. The zero-order valence-electron chi connectivity index (χ0n) is 13.6. The average molecular weight is 355 g/mol. The van der Waals surface area contributed by atoms with Gasteiger partial charge in [0.2, 0.25) is 5.91 Å². The highest BCUT2D eigenvalue weighted by molar-refractivity contribution is 6.31. The number of nitrogens with one attached hydrogen (secondary N) is 1. The number of benzene rings is 1. The van der Waals surface area contributed by atoms with E-state index in [1.54, 1.807) is 36.1 Å². The van der Waals surface area contributed by atoms with Crippen LogP contribution in [-0.2, 0) is 4.79 Å². The maximum atomic E-state index is 11.5. The van der Waals surface area contributed by atoms with Crippen LogP contribution in [0.15, 0.2) is 29.5 Å². The molecule has 0 spiro atoms. The Morgan fingerprint density at radius 2 is 1.76 bits per heavy atom. The van der Waals surface area contributed by atoms with E-state index in [0.29, 0.717) is 36.9 Å². The molecule has 1 amide bonds. The zero-order chi connectivity index (χ0) is 18.4. The molecule has 1 saturated heterocycles. The summed E-state index contributed by atoms with van der Waals surface area (Å²) in [6.45, 7) is 4.00. The first-order chi connectivity index (χ1) is 12.0. The Bertz CT molecular complexity index is 818. The number of halogens is 1. The van der Waals surface area contributed by atoms with Crippen molar-refractivity contribution in [2.24, 2.45) is 0 Å². The Morgan fingerprint density at radius 3 is 2.28 bits per heavy atom. The molecule has 1 aromatic rings. The van der Waals surface area contributed by atoms with Crippen LogP contribution in [0.3, 0.4) is 0 Å². The number of hydrogen-bond donors (Lipinski definition) is 1. The lowest BCUT2D eigenvalue weighted by Gasteiger charge is -2.36. The summed E-state index contributed by atoms with van der Waals surface area (Å²) in [5.41, 5.74) is 0.893. The summed E-state index contributed by atoms with van der Waals surface area (Å²) in [6.07, 6.45) is 0. The number of anilines is 2. The first-order valence-corrected chi connectivity index (χ1v) is 7.89. The molecule has 0 unspecified atom stereocenters. The molecule has 0 aromatic heterocycles. The average Bonchev–Trinajstić information content (AvgIpc) is 2.62. The molecule has 0 radical (unpaired) electrons. The third-order valence-electron chi connectivity index (χ3n) is 3.87. The normalized spacial score (nSPS) is 13.2. The van der Waals surface area contributed by atoms with Crippen molar-refractivity contribution in [3.05, 3.63) is 34.5 Å². The Kier molecular flexibility index (Phi) is 5.84. The standard InChI is InChI=1S/C17H15ClN6O/c1-12(25)23-4-6-24(7-5-23)17-3-2-14(18)8-15(17)22-16(11-21)13(9-19)10-20/h2-3,8,22H,4-7H2,1H3. The van der Waals surface area contributed by atoms with Gasteiger partial charge >= 0.3 is 0 Å². The minimum absolute atomic E-state index is 0.0384. The van der Waals surface area contributed by atoms with E-state index in [-0.39, 0.29) is 17.2 Å². The smallest absolute Gasteiger partial charge is 0.219 e. The summed E-state index contributed by atoms with van der Waals surface area (Å²) < 4.78 is 0. The first kappa shape index (κ1) is 18.1. The second kappa shape index (κ2) is 8.06. The Labute approximate surface area is 150 Å². The lowest BCUT2D eigenvalue weighted by molar-refractivity contribution is -0.129. The fraction of sp³-hybridized carbons (Fsp3) is 0.294. The van der Waals surface area contributed by atoms with Crippen LogP contribution < -0.4 is 10.2 Å². The largest absolute Gasteiger partial charge is 0.366 e. The van der Waals surface area contributed by atoms with Gasteiger partial charge in [-0.3, -0.25) is 4.79 Å². The lowest BCUT2D eigenvalue weighted by atomic mass is 10.2. The fourth-order valence-electron chi connectivity index (χ4n) is 2.56. The predicted molar refractivity (Wildman–Crippen MR) is 93.4 cm³/mol. The van der Waals surface area contributed by atoms with Gasteiger partial charge in [0, 0.05) is 38.1 Å². The Balaban J connectivity index is 2.32. The number of carbonyl (C=O) groups is 1. The molecule has 8 heteroatoms. The molecule has 1 aromatic carbocycles. The first-order valence-electron chi connectivity index (χ1n) is 7.51. The van der Waals surface area contributed by atoms with Crippen molar-refractivity contribution in [1.82, 2.24) is 4.90 Å². The van der Waals surface area contributed by atoms with Crippen LogP contribution >= 0.6 is 11.6 Å². The summed E-state index contributed by atoms with van der Waals surface area (Å²) in [7, 11) is 0. The van der Waals surface area contributed by atoms with E-state index in [4.69, 9.17) is 22.1 Å². The molecule has 25 heavy (non-hydrogen) atoms. The van der Waals surface area contributed by atoms with Crippen molar-refractivity contribution >= 4 is 28.9 Å². The minimum atomic E-state index is -0.296. The van der Waals surface area contributed by atoms with Gasteiger partial charge < -0.3 is 15.1 Å². The van der Waals surface area contributed by atoms with E-state index in [2.05, 4.69) is 10.2 Å². The van der Waals surface area contributed by atoms with Crippen molar-refractivity contribution < 1.29 is 4.79 Å². The molecule has 7 nitrogen and oxygen atoms in total. The molecule has 0 saturated carbocycles. The van der Waals surface area contributed by atoms with Gasteiger partial charge in [-0.25, -0.2) is 0 Å². The number of piperazine rings is 1. The third kappa shape index (κ3) is 4.20. The SMILES string of the molecule is CC(=O)N1CCN(c2ccc(Cl)cc2NC(C#N)=C(C#N)C#N)CC1. The van der Waals surface area contributed by atoms with Crippen molar-refractivity contribution in [1.29, 1.82) is 15.8 Å². The minimum Gasteiger partial charge on any atom is -0.366 e. The van der Waals surface area contributed by atoms with E-state index in [1.165, 1.54) is 0 Å². The highest BCUT2D eigenvalue weighted by Crippen LogP contribution is 2.31. The van der Waals surface area contributed by atoms with Crippen LogP contribution in [0.1, 0.15) is 6.92 Å². The lowest BCUT2D eigenvalue weighted by Crippen LogP contribution is -2.48. The highest BCUT2D eigenvalue weighted by atomic mass is 35.5. The van der Waals surface area contributed by atoms with Crippen molar-refractivity contribution in [3.63, 3.8) is 0 Å².